The zero-order chi connectivity index (χ0) is 23.1. The van der Waals surface area contributed by atoms with Crippen molar-refractivity contribution in [2.24, 2.45) is 0 Å². The topological polar surface area (TPSA) is 74.0 Å². The number of anilines is 1. The second-order valence-corrected chi connectivity index (χ2v) is 8.42. The van der Waals surface area contributed by atoms with Gasteiger partial charge in [-0.25, -0.2) is 9.67 Å². The Kier molecular flexibility index (Phi) is 4.87. The molecule has 0 spiro atoms. The van der Waals surface area contributed by atoms with Crippen molar-refractivity contribution in [3.8, 4) is 17.0 Å². The summed E-state index contributed by atoms with van der Waals surface area (Å²) in [4.78, 5) is 17.4. The number of para-hydroxylation sites is 2. The van der Waals surface area contributed by atoms with E-state index in [0.29, 0.717) is 19.6 Å². The largest absolute Gasteiger partial charge is 0.496 e. The summed E-state index contributed by atoms with van der Waals surface area (Å²) in [5.74, 6) is 1.58. The predicted molar refractivity (Wildman–Crippen MR) is 132 cm³/mol. The maximum atomic E-state index is 12.5. The Morgan fingerprint density at radius 2 is 1.79 bits per heavy atom. The number of methoxy groups -OCH3 is 1. The molecule has 2 aromatic heterocycles. The van der Waals surface area contributed by atoms with E-state index in [1.807, 2.05) is 42.5 Å². The average Bonchev–Trinajstić information content (AvgIpc) is 3.21. The Morgan fingerprint density at radius 3 is 2.71 bits per heavy atom. The first-order valence-corrected chi connectivity index (χ1v) is 11.2. The molecule has 3 heterocycles. The molecule has 1 N–H and O–H groups in total. The van der Waals surface area contributed by atoms with Gasteiger partial charge in [-0.1, -0.05) is 36.4 Å². The van der Waals surface area contributed by atoms with Gasteiger partial charge in [0.2, 0.25) is 5.95 Å². The minimum atomic E-state index is -0.128. The van der Waals surface area contributed by atoms with Gasteiger partial charge < -0.3 is 14.6 Å². The summed E-state index contributed by atoms with van der Waals surface area (Å²) >= 11 is 0. The number of hydrogen-bond acceptors (Lipinski definition) is 5. The minimum absolute atomic E-state index is 0.128. The second kappa shape index (κ2) is 8.19. The van der Waals surface area contributed by atoms with Crippen molar-refractivity contribution in [2.75, 3.05) is 12.4 Å². The number of aromatic nitrogens is 4. The zero-order valence-corrected chi connectivity index (χ0v) is 18.7. The summed E-state index contributed by atoms with van der Waals surface area (Å²) in [6.45, 7) is 1.58. The van der Waals surface area contributed by atoms with Crippen molar-refractivity contribution < 1.29 is 4.74 Å². The summed E-state index contributed by atoms with van der Waals surface area (Å²) in [7, 11) is 1.68. The standard InChI is InChI=1S/C27H23N5O2/c1-34-25-11-9-20-14-21(25)17-31-24-8-3-2-7-23(24)29-27(31)28-15-18-5-4-6-19(13-18)16-32-26(33)12-10-22(20)30-32/h2-14H,15-17H2,1H3,(H,28,29). The van der Waals surface area contributed by atoms with Crippen LogP contribution in [0.2, 0.25) is 0 Å². The van der Waals surface area contributed by atoms with Crippen molar-refractivity contribution in [1.29, 1.82) is 0 Å². The van der Waals surface area contributed by atoms with Crippen LogP contribution >= 0.6 is 0 Å². The molecule has 168 valence electrons. The van der Waals surface area contributed by atoms with Crippen LogP contribution in [-0.4, -0.2) is 26.4 Å². The van der Waals surface area contributed by atoms with E-state index in [2.05, 4.69) is 39.2 Å². The summed E-state index contributed by atoms with van der Waals surface area (Å²) in [5, 5.41) is 8.20. The lowest BCUT2D eigenvalue weighted by Crippen LogP contribution is -2.22. The van der Waals surface area contributed by atoms with Crippen LogP contribution < -0.4 is 15.6 Å². The van der Waals surface area contributed by atoms with Crippen molar-refractivity contribution in [1.82, 2.24) is 19.3 Å². The molecule has 7 nitrogen and oxygen atoms in total. The smallest absolute Gasteiger partial charge is 0.267 e. The van der Waals surface area contributed by atoms with Gasteiger partial charge in [-0.15, -0.1) is 0 Å². The molecule has 0 radical (unpaired) electrons. The van der Waals surface area contributed by atoms with Crippen LogP contribution in [-0.2, 0) is 19.6 Å². The Hall–Kier alpha value is -4.39. The molecular formula is C27H23N5O2. The summed E-state index contributed by atoms with van der Waals surface area (Å²) < 4.78 is 9.39. The number of benzene rings is 3. The van der Waals surface area contributed by atoms with Crippen LogP contribution in [0.5, 0.6) is 5.75 Å². The van der Waals surface area contributed by atoms with Gasteiger partial charge in [0.25, 0.3) is 5.56 Å². The molecule has 0 atom stereocenters. The van der Waals surface area contributed by atoms with Crippen molar-refractivity contribution in [3.63, 3.8) is 0 Å². The van der Waals surface area contributed by atoms with Gasteiger partial charge in [0.05, 0.1) is 36.9 Å². The number of nitrogens with zero attached hydrogens (tertiary/aromatic N) is 4. The minimum Gasteiger partial charge on any atom is -0.496 e. The van der Waals surface area contributed by atoms with Crippen LogP contribution in [0.1, 0.15) is 16.7 Å². The molecule has 6 bridgehead atoms. The number of nitrogens with one attached hydrogen (secondary N) is 1. The molecule has 0 saturated heterocycles. The highest BCUT2D eigenvalue weighted by molar-refractivity contribution is 5.79. The van der Waals surface area contributed by atoms with Crippen molar-refractivity contribution in [3.05, 3.63) is 106 Å². The lowest BCUT2D eigenvalue weighted by molar-refractivity contribution is 0.408. The Balaban J connectivity index is 1.58. The third kappa shape index (κ3) is 3.61. The molecule has 6 rings (SSSR count). The van der Waals surface area contributed by atoms with Gasteiger partial charge in [0.1, 0.15) is 5.75 Å². The van der Waals surface area contributed by atoms with Crippen LogP contribution in [0.15, 0.2) is 83.7 Å². The maximum absolute atomic E-state index is 12.5. The summed E-state index contributed by atoms with van der Waals surface area (Å²) in [6, 6.07) is 25.7. The molecule has 34 heavy (non-hydrogen) atoms. The van der Waals surface area contributed by atoms with E-state index in [-0.39, 0.29) is 5.56 Å². The van der Waals surface area contributed by atoms with Crippen LogP contribution in [0.25, 0.3) is 22.3 Å². The summed E-state index contributed by atoms with van der Waals surface area (Å²) in [5.41, 5.74) is 6.64. The number of rotatable bonds is 1. The molecule has 5 aromatic rings. The monoisotopic (exact) mass is 449 g/mol. The highest BCUT2D eigenvalue weighted by Gasteiger charge is 2.15. The van der Waals surface area contributed by atoms with Crippen molar-refractivity contribution >= 4 is 17.0 Å². The molecule has 7 heteroatoms. The SMILES string of the molecule is COc1ccc2cc1Cn1c(nc3ccccc31)NCc1cccc(c1)Cn1nc-2ccc1=O. The first-order chi connectivity index (χ1) is 16.7. The Bertz CT molecular complexity index is 1580. The Morgan fingerprint density at radius 1 is 0.912 bits per heavy atom. The quantitative estimate of drug-likeness (QED) is 0.413. The number of imidazole rings is 1. The fourth-order valence-corrected chi connectivity index (χ4v) is 4.51. The number of fused-ring (bicyclic) bond motifs is 10. The van der Waals surface area contributed by atoms with Crippen LogP contribution in [0.4, 0.5) is 5.95 Å². The molecule has 0 amide bonds. The molecule has 0 aliphatic carbocycles. The predicted octanol–water partition coefficient (Wildman–Crippen LogP) is 4.29. The Labute approximate surface area is 196 Å². The highest BCUT2D eigenvalue weighted by Crippen LogP contribution is 2.29. The van der Waals surface area contributed by atoms with E-state index in [1.54, 1.807) is 19.2 Å². The molecule has 1 aliphatic heterocycles. The molecule has 0 saturated carbocycles. The van der Waals surface area contributed by atoms with E-state index in [0.717, 1.165) is 50.7 Å². The van der Waals surface area contributed by atoms with E-state index in [4.69, 9.17) is 9.72 Å². The molecule has 0 unspecified atom stereocenters. The van der Waals surface area contributed by atoms with Gasteiger partial charge in [0.15, 0.2) is 0 Å². The van der Waals surface area contributed by atoms with E-state index in [9.17, 15) is 4.79 Å². The third-order valence-electron chi connectivity index (χ3n) is 6.20. The number of ether oxygens (including phenoxy) is 1. The van der Waals surface area contributed by atoms with Crippen molar-refractivity contribution in [2.45, 2.75) is 19.6 Å². The van der Waals surface area contributed by atoms with Gasteiger partial charge >= 0.3 is 0 Å². The zero-order valence-electron chi connectivity index (χ0n) is 18.7. The maximum Gasteiger partial charge on any atom is 0.267 e. The fraction of sp³-hybridized carbons (Fsp3) is 0.148. The molecule has 0 fully saturated rings. The van der Waals surface area contributed by atoms with Crippen LogP contribution in [0, 0.1) is 0 Å². The number of hydrogen-bond donors (Lipinski definition) is 1. The molecule has 3 aromatic carbocycles. The highest BCUT2D eigenvalue weighted by atomic mass is 16.5. The van der Waals surface area contributed by atoms with Crippen LogP contribution in [0.3, 0.4) is 0 Å². The van der Waals surface area contributed by atoms with E-state index >= 15 is 0 Å². The molecular weight excluding hydrogens is 426 g/mol. The second-order valence-electron chi connectivity index (χ2n) is 8.42. The first kappa shape index (κ1) is 20.2. The van der Waals surface area contributed by atoms with E-state index in [1.165, 1.54) is 4.68 Å². The first-order valence-electron chi connectivity index (χ1n) is 11.2. The van der Waals surface area contributed by atoms with Gasteiger partial charge in [-0.3, -0.25) is 4.79 Å². The van der Waals surface area contributed by atoms with E-state index < -0.39 is 0 Å². The van der Waals surface area contributed by atoms with Gasteiger partial charge in [-0.05, 0) is 47.5 Å². The average molecular weight is 450 g/mol. The summed E-state index contributed by atoms with van der Waals surface area (Å²) in [6.07, 6.45) is 0. The third-order valence-corrected chi connectivity index (χ3v) is 6.20. The normalized spacial score (nSPS) is 12.9. The van der Waals surface area contributed by atoms with Gasteiger partial charge in [-0.2, -0.15) is 5.10 Å². The lowest BCUT2D eigenvalue weighted by atomic mass is 10.1. The fourth-order valence-electron chi connectivity index (χ4n) is 4.51. The molecule has 1 aliphatic rings. The van der Waals surface area contributed by atoms with Gasteiger partial charge in [0, 0.05) is 23.7 Å². The lowest BCUT2D eigenvalue weighted by Gasteiger charge is -2.15.